The number of aliphatic hydroxyl groups is 1. The molecule has 1 heterocycles. The van der Waals surface area contributed by atoms with Gasteiger partial charge in [0.25, 0.3) is 5.91 Å². The molecule has 0 saturated carbocycles. The van der Waals surface area contributed by atoms with Crippen molar-refractivity contribution in [1.82, 2.24) is 5.32 Å². The van der Waals surface area contributed by atoms with E-state index in [2.05, 4.69) is 11.9 Å². The van der Waals surface area contributed by atoms with Crippen molar-refractivity contribution in [1.29, 1.82) is 0 Å². The second-order valence-electron chi connectivity index (χ2n) is 9.03. The second kappa shape index (κ2) is 13.0. The van der Waals surface area contributed by atoms with E-state index < -0.39 is 11.6 Å². The number of para-hydroxylation sites is 1. The fraction of sp³-hybridized carbons (Fsp3) is 0.290. The molecule has 39 heavy (non-hydrogen) atoms. The first-order valence-electron chi connectivity index (χ1n) is 12.8. The molecule has 0 unspecified atom stereocenters. The Morgan fingerprint density at radius 2 is 1.85 bits per heavy atom. The number of aliphatic hydroxyl groups excluding tert-OH is 1. The fourth-order valence-corrected chi connectivity index (χ4v) is 4.58. The molecule has 4 rings (SSSR count). The summed E-state index contributed by atoms with van der Waals surface area (Å²) in [6.07, 6.45) is 1.84. The van der Waals surface area contributed by atoms with Gasteiger partial charge in [0.15, 0.2) is 23.1 Å². The van der Waals surface area contributed by atoms with Crippen LogP contribution in [0, 0.1) is 0 Å². The number of hydrogen-bond donors (Lipinski definition) is 2. The first kappa shape index (κ1) is 27.7. The Labute approximate surface area is 228 Å². The summed E-state index contributed by atoms with van der Waals surface area (Å²) in [5, 5.41) is 12.0. The van der Waals surface area contributed by atoms with Crippen molar-refractivity contribution in [2.24, 2.45) is 4.99 Å². The number of carbonyl (C=O) groups is 1. The summed E-state index contributed by atoms with van der Waals surface area (Å²) in [6, 6.07) is 22.4. The minimum Gasteiger partial charge on any atom is -0.494 e. The summed E-state index contributed by atoms with van der Waals surface area (Å²) in [5.41, 5.74) is 1.05. The van der Waals surface area contributed by atoms with Crippen LogP contribution in [-0.4, -0.2) is 49.9 Å². The van der Waals surface area contributed by atoms with Crippen LogP contribution >= 0.6 is 0 Å². The van der Waals surface area contributed by atoms with E-state index in [1.54, 1.807) is 26.4 Å². The summed E-state index contributed by atoms with van der Waals surface area (Å²) < 4.78 is 23.0. The molecule has 3 aromatic carbocycles. The van der Waals surface area contributed by atoms with E-state index >= 15 is 0 Å². The van der Waals surface area contributed by atoms with E-state index in [0.717, 1.165) is 16.7 Å². The molecule has 3 aromatic rings. The van der Waals surface area contributed by atoms with E-state index in [9.17, 15) is 4.79 Å². The Bertz CT molecular complexity index is 1290. The maximum atomic E-state index is 14.0. The zero-order valence-corrected chi connectivity index (χ0v) is 22.3. The van der Waals surface area contributed by atoms with Crippen LogP contribution in [0.3, 0.4) is 0 Å². The second-order valence-corrected chi connectivity index (χ2v) is 9.03. The number of aliphatic imine (C=N–C) groups is 1. The number of ether oxygens (including phenoxy) is 4. The molecule has 8 nitrogen and oxygen atoms in total. The highest BCUT2D eigenvalue weighted by Gasteiger charge is 2.52. The average molecular weight is 531 g/mol. The van der Waals surface area contributed by atoms with Crippen molar-refractivity contribution in [2.75, 3.05) is 27.4 Å². The molecule has 1 aliphatic heterocycles. The summed E-state index contributed by atoms with van der Waals surface area (Å²) in [6.45, 7) is 4.62. The van der Waals surface area contributed by atoms with Gasteiger partial charge < -0.3 is 29.4 Å². The quantitative estimate of drug-likeness (QED) is 0.247. The molecule has 0 bridgehead atoms. The molecule has 0 aromatic heterocycles. The van der Waals surface area contributed by atoms with Crippen LogP contribution < -0.4 is 19.5 Å². The van der Waals surface area contributed by atoms with Crippen molar-refractivity contribution >= 4 is 11.8 Å². The van der Waals surface area contributed by atoms with Crippen molar-refractivity contribution < 1.29 is 28.8 Å². The molecule has 0 saturated heterocycles. The van der Waals surface area contributed by atoms with Crippen LogP contribution in [0.4, 0.5) is 0 Å². The van der Waals surface area contributed by atoms with Gasteiger partial charge >= 0.3 is 0 Å². The third kappa shape index (κ3) is 6.07. The summed E-state index contributed by atoms with van der Waals surface area (Å²) in [5.74, 6) is 1.89. The predicted octanol–water partition coefficient (Wildman–Crippen LogP) is 4.61. The number of carbonyl (C=O) groups excluding carboxylic acids is 1. The van der Waals surface area contributed by atoms with E-state index in [1.165, 1.54) is 0 Å². The Hall–Kier alpha value is -4.30. The van der Waals surface area contributed by atoms with E-state index in [0.29, 0.717) is 36.2 Å². The highest BCUT2D eigenvalue weighted by atomic mass is 16.5. The third-order valence-electron chi connectivity index (χ3n) is 6.51. The Balaban J connectivity index is 1.66. The van der Waals surface area contributed by atoms with Crippen LogP contribution in [0.1, 0.15) is 35.6 Å². The SMILES string of the molecule is C=CC[C@@]1(C(=O)NCc2cccc(OC)c2OC)N=C(c2ccc(OCCCO)cc2)O[C@@H]1c1ccccc1. The number of benzene rings is 3. The van der Waals surface area contributed by atoms with Crippen LogP contribution in [0.15, 0.2) is 90.4 Å². The van der Waals surface area contributed by atoms with E-state index in [4.69, 9.17) is 29.0 Å². The third-order valence-corrected chi connectivity index (χ3v) is 6.51. The van der Waals surface area contributed by atoms with Gasteiger partial charge in [-0.1, -0.05) is 48.5 Å². The summed E-state index contributed by atoms with van der Waals surface area (Å²) in [7, 11) is 3.14. The number of amides is 1. The standard InChI is InChI=1S/C31H34N2O6/c1-4-18-31(30(35)32-21-24-12-8-13-26(36-2)27(24)37-3)28(22-10-6-5-7-11-22)39-29(33-31)23-14-16-25(17-15-23)38-20-9-19-34/h4-8,10-17,28,34H,1,9,18-21H2,2-3H3,(H,32,35)/t28-,31-/m1/s1. The normalized spacial score (nSPS) is 18.0. The van der Waals surface area contributed by atoms with Gasteiger partial charge in [0.2, 0.25) is 5.90 Å². The maximum absolute atomic E-state index is 14.0. The number of rotatable bonds is 13. The zero-order chi connectivity index (χ0) is 27.7. The van der Waals surface area contributed by atoms with Crippen molar-refractivity contribution in [3.63, 3.8) is 0 Å². The first-order valence-corrected chi connectivity index (χ1v) is 12.8. The largest absolute Gasteiger partial charge is 0.494 e. The maximum Gasteiger partial charge on any atom is 0.252 e. The van der Waals surface area contributed by atoms with Gasteiger partial charge in [-0.05, 0) is 35.9 Å². The van der Waals surface area contributed by atoms with Gasteiger partial charge in [-0.15, -0.1) is 6.58 Å². The van der Waals surface area contributed by atoms with Gasteiger partial charge in [0, 0.05) is 37.1 Å². The van der Waals surface area contributed by atoms with Gasteiger partial charge in [0.1, 0.15) is 5.75 Å². The molecule has 0 radical (unpaired) electrons. The first-order chi connectivity index (χ1) is 19.1. The molecule has 8 heteroatoms. The Kier molecular flexibility index (Phi) is 9.22. The minimum absolute atomic E-state index is 0.0711. The van der Waals surface area contributed by atoms with Crippen LogP contribution in [-0.2, 0) is 16.1 Å². The van der Waals surface area contributed by atoms with Gasteiger partial charge in [-0.3, -0.25) is 4.79 Å². The smallest absolute Gasteiger partial charge is 0.252 e. The van der Waals surface area contributed by atoms with Crippen molar-refractivity contribution in [3.05, 3.63) is 102 Å². The van der Waals surface area contributed by atoms with Crippen molar-refractivity contribution in [3.8, 4) is 17.2 Å². The molecule has 0 aliphatic carbocycles. The molecule has 0 fully saturated rings. The molecule has 1 aliphatic rings. The highest BCUT2D eigenvalue weighted by molar-refractivity contribution is 6.01. The monoisotopic (exact) mass is 530 g/mol. The molecule has 204 valence electrons. The predicted molar refractivity (Wildman–Crippen MR) is 149 cm³/mol. The van der Waals surface area contributed by atoms with Crippen LogP contribution in [0.2, 0.25) is 0 Å². The lowest BCUT2D eigenvalue weighted by atomic mass is 9.84. The molecule has 0 spiro atoms. The minimum atomic E-state index is -1.28. The summed E-state index contributed by atoms with van der Waals surface area (Å²) >= 11 is 0. The number of methoxy groups -OCH3 is 2. The van der Waals surface area contributed by atoms with E-state index in [1.807, 2.05) is 66.7 Å². The van der Waals surface area contributed by atoms with E-state index in [-0.39, 0.29) is 25.5 Å². The number of nitrogens with one attached hydrogen (secondary N) is 1. The van der Waals surface area contributed by atoms with Crippen molar-refractivity contribution in [2.45, 2.75) is 31.0 Å². The lowest BCUT2D eigenvalue weighted by Gasteiger charge is -2.29. The highest BCUT2D eigenvalue weighted by Crippen LogP contribution is 2.43. The summed E-state index contributed by atoms with van der Waals surface area (Å²) in [4.78, 5) is 18.9. The molecule has 2 N–H and O–H groups in total. The van der Waals surface area contributed by atoms with Gasteiger partial charge in [-0.2, -0.15) is 0 Å². The molecular formula is C31H34N2O6. The molecular weight excluding hydrogens is 496 g/mol. The van der Waals surface area contributed by atoms with Crippen LogP contribution in [0.25, 0.3) is 0 Å². The lowest BCUT2D eigenvalue weighted by molar-refractivity contribution is -0.129. The number of hydrogen-bond acceptors (Lipinski definition) is 7. The van der Waals surface area contributed by atoms with Gasteiger partial charge in [-0.25, -0.2) is 4.99 Å². The van der Waals surface area contributed by atoms with Gasteiger partial charge in [0.05, 0.1) is 20.8 Å². The fourth-order valence-electron chi connectivity index (χ4n) is 4.58. The Morgan fingerprint density at radius 3 is 2.51 bits per heavy atom. The average Bonchev–Trinajstić information content (AvgIpc) is 3.37. The molecule has 1 amide bonds. The topological polar surface area (TPSA) is 98.6 Å². The zero-order valence-electron chi connectivity index (χ0n) is 22.3. The molecule has 2 atom stereocenters. The number of nitrogens with zero attached hydrogens (tertiary/aromatic N) is 1. The van der Waals surface area contributed by atoms with Crippen LogP contribution in [0.5, 0.6) is 17.2 Å². The Morgan fingerprint density at radius 1 is 1.08 bits per heavy atom. The lowest BCUT2D eigenvalue weighted by Crippen LogP contribution is -2.47.